The van der Waals surface area contributed by atoms with Crippen LogP contribution in [0.3, 0.4) is 0 Å². The molecular weight excluding hydrogens is 256 g/mol. The first-order valence-electron chi connectivity index (χ1n) is 7.38. The molecule has 20 heavy (non-hydrogen) atoms. The van der Waals surface area contributed by atoms with Crippen molar-refractivity contribution in [2.24, 2.45) is 5.41 Å². The summed E-state index contributed by atoms with van der Waals surface area (Å²) < 4.78 is 0. The van der Waals surface area contributed by atoms with E-state index in [1.54, 1.807) is 14.1 Å². The lowest BCUT2D eigenvalue weighted by Crippen LogP contribution is -2.51. The third-order valence-corrected chi connectivity index (χ3v) is 4.26. The zero-order chi connectivity index (χ0) is 15.3. The van der Waals surface area contributed by atoms with Crippen LogP contribution in [0.5, 0.6) is 0 Å². The molecule has 1 heterocycles. The molecule has 5 heteroatoms. The number of likely N-dealkylation sites (N-methyl/N-ethyl adjacent to an activating group) is 1. The molecule has 0 unspecified atom stereocenters. The van der Waals surface area contributed by atoms with Crippen molar-refractivity contribution >= 4 is 17.7 Å². The molecule has 0 radical (unpaired) electrons. The maximum absolute atomic E-state index is 12.2. The Morgan fingerprint density at radius 1 is 1.20 bits per heavy atom. The van der Waals surface area contributed by atoms with E-state index in [1.807, 2.05) is 6.92 Å². The van der Waals surface area contributed by atoms with E-state index >= 15 is 0 Å². The van der Waals surface area contributed by atoms with Gasteiger partial charge in [-0.2, -0.15) is 0 Å². The van der Waals surface area contributed by atoms with E-state index in [0.29, 0.717) is 12.8 Å². The standard InChI is InChI=1S/C15H26N2O3/c1-5-7-8-15(6-2)9-12(18)17(13(19)10-15)11-14(20)16(3)4/h5-11H2,1-4H3. The number of carbonyl (C=O) groups excluding carboxylic acids is 3. The highest BCUT2D eigenvalue weighted by molar-refractivity contribution is 6.01. The molecular formula is C15H26N2O3. The van der Waals surface area contributed by atoms with Crippen molar-refractivity contribution < 1.29 is 14.4 Å². The number of likely N-dealkylation sites (tertiary alicyclic amines) is 1. The highest BCUT2D eigenvalue weighted by Crippen LogP contribution is 2.40. The molecule has 0 saturated carbocycles. The van der Waals surface area contributed by atoms with Crippen molar-refractivity contribution in [2.75, 3.05) is 20.6 Å². The summed E-state index contributed by atoms with van der Waals surface area (Å²) in [6.45, 7) is 4.02. The van der Waals surface area contributed by atoms with Crippen LogP contribution in [0.15, 0.2) is 0 Å². The topological polar surface area (TPSA) is 57.7 Å². The van der Waals surface area contributed by atoms with Crippen molar-refractivity contribution in [1.82, 2.24) is 9.80 Å². The van der Waals surface area contributed by atoms with Gasteiger partial charge in [0, 0.05) is 26.9 Å². The van der Waals surface area contributed by atoms with Gasteiger partial charge in [0.25, 0.3) is 0 Å². The van der Waals surface area contributed by atoms with Crippen LogP contribution in [0, 0.1) is 5.41 Å². The Labute approximate surface area is 121 Å². The van der Waals surface area contributed by atoms with Crippen LogP contribution in [0.1, 0.15) is 52.4 Å². The van der Waals surface area contributed by atoms with Crippen LogP contribution in [0.2, 0.25) is 0 Å². The van der Waals surface area contributed by atoms with Crippen LogP contribution in [-0.2, 0) is 14.4 Å². The SMILES string of the molecule is CCCCC1(CC)CC(=O)N(CC(=O)N(C)C)C(=O)C1. The van der Waals surface area contributed by atoms with Crippen LogP contribution in [0.4, 0.5) is 0 Å². The first kappa shape index (κ1) is 16.7. The molecule has 1 rings (SSSR count). The number of rotatable bonds is 6. The van der Waals surface area contributed by atoms with Gasteiger partial charge < -0.3 is 4.90 Å². The van der Waals surface area contributed by atoms with Crippen molar-refractivity contribution in [2.45, 2.75) is 52.4 Å². The number of amides is 3. The monoisotopic (exact) mass is 282 g/mol. The Bertz CT molecular complexity index is 373. The lowest BCUT2D eigenvalue weighted by molar-refractivity contribution is -0.157. The summed E-state index contributed by atoms with van der Waals surface area (Å²) in [4.78, 5) is 38.7. The molecule has 0 bridgehead atoms. The molecule has 0 spiro atoms. The van der Waals surface area contributed by atoms with Gasteiger partial charge in [-0.15, -0.1) is 0 Å². The lowest BCUT2D eigenvalue weighted by Gasteiger charge is -2.39. The smallest absolute Gasteiger partial charge is 0.242 e. The second-order valence-corrected chi connectivity index (χ2v) is 5.97. The second kappa shape index (κ2) is 6.86. The fourth-order valence-electron chi connectivity index (χ4n) is 2.64. The van der Waals surface area contributed by atoms with Gasteiger partial charge in [0.05, 0.1) is 0 Å². The van der Waals surface area contributed by atoms with Gasteiger partial charge in [-0.1, -0.05) is 26.7 Å². The summed E-state index contributed by atoms with van der Waals surface area (Å²) in [6, 6.07) is 0. The zero-order valence-electron chi connectivity index (χ0n) is 13.1. The summed E-state index contributed by atoms with van der Waals surface area (Å²) in [5, 5.41) is 0. The molecule has 0 aromatic carbocycles. The number of piperidine rings is 1. The van der Waals surface area contributed by atoms with Gasteiger partial charge in [-0.05, 0) is 18.3 Å². The van der Waals surface area contributed by atoms with Crippen molar-refractivity contribution in [3.8, 4) is 0 Å². The Hall–Kier alpha value is -1.39. The summed E-state index contributed by atoms with van der Waals surface area (Å²) in [7, 11) is 3.25. The number of hydrogen-bond acceptors (Lipinski definition) is 3. The summed E-state index contributed by atoms with van der Waals surface area (Å²) in [5.41, 5.74) is -0.193. The maximum Gasteiger partial charge on any atom is 0.242 e. The molecule has 1 aliphatic rings. The number of nitrogens with zero attached hydrogens (tertiary/aromatic N) is 2. The van der Waals surface area contributed by atoms with E-state index in [9.17, 15) is 14.4 Å². The van der Waals surface area contributed by atoms with Gasteiger partial charge in [0.2, 0.25) is 17.7 Å². The Morgan fingerprint density at radius 3 is 2.15 bits per heavy atom. The van der Waals surface area contributed by atoms with Gasteiger partial charge in [-0.3, -0.25) is 19.3 Å². The maximum atomic E-state index is 12.2. The predicted molar refractivity (Wildman–Crippen MR) is 76.9 cm³/mol. The van der Waals surface area contributed by atoms with Gasteiger partial charge >= 0.3 is 0 Å². The minimum atomic E-state index is -0.218. The average molecular weight is 282 g/mol. The number of carbonyl (C=O) groups is 3. The van der Waals surface area contributed by atoms with Crippen molar-refractivity contribution in [3.63, 3.8) is 0 Å². The third kappa shape index (κ3) is 3.81. The van der Waals surface area contributed by atoms with E-state index in [1.165, 1.54) is 4.90 Å². The molecule has 0 aromatic rings. The fourth-order valence-corrected chi connectivity index (χ4v) is 2.64. The van der Waals surface area contributed by atoms with Crippen LogP contribution >= 0.6 is 0 Å². The van der Waals surface area contributed by atoms with Crippen LogP contribution < -0.4 is 0 Å². The van der Waals surface area contributed by atoms with E-state index in [0.717, 1.165) is 30.6 Å². The molecule has 0 N–H and O–H groups in total. The number of hydrogen-bond donors (Lipinski definition) is 0. The molecule has 1 fully saturated rings. The number of imide groups is 1. The average Bonchev–Trinajstić information content (AvgIpc) is 2.40. The first-order valence-corrected chi connectivity index (χ1v) is 7.38. The molecule has 114 valence electrons. The second-order valence-electron chi connectivity index (χ2n) is 5.97. The molecule has 0 atom stereocenters. The van der Waals surface area contributed by atoms with Gasteiger partial charge in [0.1, 0.15) is 6.54 Å². The third-order valence-electron chi connectivity index (χ3n) is 4.26. The van der Waals surface area contributed by atoms with E-state index < -0.39 is 0 Å². The minimum Gasteiger partial charge on any atom is -0.347 e. The first-order chi connectivity index (χ1) is 9.35. The Balaban J connectivity index is 2.77. The summed E-state index contributed by atoms with van der Waals surface area (Å²) >= 11 is 0. The zero-order valence-corrected chi connectivity index (χ0v) is 13.1. The quantitative estimate of drug-likeness (QED) is 0.698. The van der Waals surface area contributed by atoms with E-state index in [4.69, 9.17) is 0 Å². The molecule has 1 aliphatic heterocycles. The molecule has 0 aliphatic carbocycles. The molecule has 1 saturated heterocycles. The summed E-state index contributed by atoms with van der Waals surface area (Å²) in [6.07, 6.45) is 4.61. The van der Waals surface area contributed by atoms with Crippen molar-refractivity contribution in [3.05, 3.63) is 0 Å². The van der Waals surface area contributed by atoms with Gasteiger partial charge in [0.15, 0.2) is 0 Å². The van der Waals surface area contributed by atoms with Crippen LogP contribution in [-0.4, -0.2) is 48.2 Å². The summed E-state index contributed by atoms with van der Waals surface area (Å²) in [5.74, 6) is -0.618. The largest absolute Gasteiger partial charge is 0.347 e. The van der Waals surface area contributed by atoms with Gasteiger partial charge in [-0.25, -0.2) is 0 Å². The molecule has 5 nitrogen and oxygen atoms in total. The van der Waals surface area contributed by atoms with E-state index in [2.05, 4.69) is 6.92 Å². The van der Waals surface area contributed by atoms with Crippen LogP contribution in [0.25, 0.3) is 0 Å². The molecule has 0 aromatic heterocycles. The lowest BCUT2D eigenvalue weighted by atomic mass is 9.72. The number of unbranched alkanes of at least 4 members (excludes halogenated alkanes) is 1. The van der Waals surface area contributed by atoms with Crippen molar-refractivity contribution in [1.29, 1.82) is 0 Å². The normalized spacial score (nSPS) is 18.3. The predicted octanol–water partition coefficient (Wildman–Crippen LogP) is 1.81. The van der Waals surface area contributed by atoms with E-state index in [-0.39, 0.29) is 29.7 Å². The molecule has 3 amide bonds. The Kier molecular flexibility index (Phi) is 5.72. The fraction of sp³-hybridized carbons (Fsp3) is 0.800. The highest BCUT2D eigenvalue weighted by atomic mass is 16.2. The Morgan fingerprint density at radius 2 is 1.75 bits per heavy atom. The highest BCUT2D eigenvalue weighted by Gasteiger charge is 2.42. The minimum absolute atomic E-state index is 0.127.